The third-order valence-corrected chi connectivity index (χ3v) is 5.64. The largest absolute Gasteiger partial charge is 0.370 e. The van der Waals surface area contributed by atoms with Gasteiger partial charge >= 0.3 is 6.03 Å². The molecule has 0 saturated heterocycles. The Balaban J connectivity index is 1.50. The van der Waals surface area contributed by atoms with E-state index >= 15 is 0 Å². The maximum Gasteiger partial charge on any atom is 0.318 e. The van der Waals surface area contributed by atoms with Gasteiger partial charge in [-0.05, 0) is 35.4 Å². The Hall–Kier alpha value is -3.71. The van der Waals surface area contributed by atoms with Crippen molar-refractivity contribution in [2.24, 2.45) is 5.73 Å². The maximum atomic E-state index is 12.5. The molecule has 0 bridgehead atoms. The third-order valence-electron chi connectivity index (χ3n) is 4.60. The van der Waals surface area contributed by atoms with E-state index in [9.17, 15) is 9.59 Å². The summed E-state index contributed by atoms with van der Waals surface area (Å²) < 4.78 is 1.18. The van der Waals surface area contributed by atoms with E-state index in [0.29, 0.717) is 0 Å². The van der Waals surface area contributed by atoms with Crippen LogP contribution in [0.25, 0.3) is 10.2 Å². The summed E-state index contributed by atoms with van der Waals surface area (Å²) in [6.07, 6.45) is 0.740. The Kier molecular flexibility index (Phi) is 5.72. The Morgan fingerprint density at radius 3 is 2.33 bits per heavy atom. The highest BCUT2D eigenvalue weighted by molar-refractivity contribution is 7.18. The number of hydrogen-bond donors (Lipinski definition) is 3. The van der Waals surface area contributed by atoms with Crippen molar-refractivity contribution in [3.05, 3.63) is 95.0 Å². The average molecular weight is 417 g/mol. The number of anilines is 1. The summed E-state index contributed by atoms with van der Waals surface area (Å²) in [6, 6.07) is 23.5. The fourth-order valence-corrected chi connectivity index (χ4v) is 4.20. The van der Waals surface area contributed by atoms with Crippen LogP contribution in [-0.4, -0.2) is 16.9 Å². The average Bonchev–Trinajstić information content (AvgIpc) is 3.15. The molecule has 0 fully saturated rings. The van der Waals surface area contributed by atoms with Crippen molar-refractivity contribution < 1.29 is 9.59 Å². The van der Waals surface area contributed by atoms with Crippen molar-refractivity contribution in [2.75, 3.05) is 5.32 Å². The van der Waals surface area contributed by atoms with Gasteiger partial charge in [0.05, 0.1) is 15.2 Å². The summed E-state index contributed by atoms with van der Waals surface area (Å²) in [5.74, 6) is -0.507. The Labute approximate surface area is 177 Å². The highest BCUT2D eigenvalue weighted by Crippen LogP contribution is 2.25. The van der Waals surface area contributed by atoms with Crippen LogP contribution in [0.1, 0.15) is 22.2 Å². The second kappa shape index (κ2) is 8.75. The van der Waals surface area contributed by atoms with Crippen molar-refractivity contribution in [3.8, 4) is 0 Å². The quantitative estimate of drug-likeness (QED) is 0.438. The molecule has 30 heavy (non-hydrogen) atoms. The predicted molar refractivity (Wildman–Crippen MR) is 119 cm³/mol. The Bertz CT molecular complexity index is 1140. The van der Waals surface area contributed by atoms with Crippen LogP contribution in [0.4, 0.5) is 10.5 Å². The standard InChI is InChI=1S/C23H20N4O2S/c24-23(29)27-22(28)21(16-6-2-1-3-7-16)25-17-12-10-15(11-13-17)14-20-26-18-8-4-5-9-19(18)30-20/h1-13,21,25H,14H2,(H3,24,27,28,29). The number of carbonyl (C=O) groups is 2. The molecule has 6 nitrogen and oxygen atoms in total. The van der Waals surface area contributed by atoms with Crippen LogP contribution in [0.15, 0.2) is 78.9 Å². The van der Waals surface area contributed by atoms with Crippen LogP contribution < -0.4 is 16.4 Å². The topological polar surface area (TPSA) is 97.1 Å². The molecule has 0 aliphatic carbocycles. The highest BCUT2D eigenvalue weighted by atomic mass is 32.1. The van der Waals surface area contributed by atoms with Crippen molar-refractivity contribution >= 4 is 39.2 Å². The second-order valence-electron chi connectivity index (χ2n) is 6.79. The summed E-state index contributed by atoms with van der Waals surface area (Å²) in [5.41, 5.74) is 8.75. The molecule has 150 valence electrons. The molecule has 3 amide bonds. The van der Waals surface area contributed by atoms with E-state index in [1.165, 1.54) is 4.70 Å². The zero-order valence-corrected chi connectivity index (χ0v) is 16.9. The molecule has 1 heterocycles. The minimum Gasteiger partial charge on any atom is -0.370 e. The van der Waals surface area contributed by atoms with E-state index in [1.54, 1.807) is 11.3 Å². The van der Waals surface area contributed by atoms with Gasteiger partial charge in [0.2, 0.25) is 0 Å². The lowest BCUT2D eigenvalue weighted by Crippen LogP contribution is -2.40. The number of nitrogens with one attached hydrogen (secondary N) is 2. The lowest BCUT2D eigenvalue weighted by atomic mass is 10.1. The van der Waals surface area contributed by atoms with Crippen LogP contribution in [0.2, 0.25) is 0 Å². The normalized spacial score (nSPS) is 11.7. The second-order valence-corrected chi connectivity index (χ2v) is 7.91. The van der Waals surface area contributed by atoms with Gasteiger partial charge in [-0.3, -0.25) is 10.1 Å². The first-order valence-corrected chi connectivity index (χ1v) is 10.3. The smallest absolute Gasteiger partial charge is 0.318 e. The summed E-state index contributed by atoms with van der Waals surface area (Å²) in [6.45, 7) is 0. The van der Waals surface area contributed by atoms with Crippen LogP contribution in [0, 0.1) is 0 Å². The van der Waals surface area contributed by atoms with Crippen molar-refractivity contribution in [3.63, 3.8) is 0 Å². The first-order chi connectivity index (χ1) is 14.6. The number of aromatic nitrogens is 1. The molecule has 3 aromatic carbocycles. The number of nitrogens with zero attached hydrogens (tertiary/aromatic N) is 1. The summed E-state index contributed by atoms with van der Waals surface area (Å²) in [7, 11) is 0. The number of benzene rings is 3. The van der Waals surface area contributed by atoms with Crippen LogP contribution >= 0.6 is 11.3 Å². The molecule has 1 unspecified atom stereocenters. The van der Waals surface area contributed by atoms with Gasteiger partial charge in [0.15, 0.2) is 0 Å². The number of nitrogens with two attached hydrogens (primary N) is 1. The van der Waals surface area contributed by atoms with Gasteiger partial charge in [0, 0.05) is 12.1 Å². The van der Waals surface area contributed by atoms with Crippen molar-refractivity contribution in [1.82, 2.24) is 10.3 Å². The molecule has 4 rings (SSSR count). The number of urea groups is 1. The first-order valence-electron chi connectivity index (χ1n) is 9.43. The van der Waals surface area contributed by atoms with Gasteiger partial charge in [0.25, 0.3) is 5.91 Å². The maximum absolute atomic E-state index is 12.5. The molecule has 0 aliphatic rings. The third kappa shape index (κ3) is 4.64. The predicted octanol–water partition coefficient (Wildman–Crippen LogP) is 4.24. The first kappa shape index (κ1) is 19.6. The number of hydrogen-bond acceptors (Lipinski definition) is 5. The Morgan fingerprint density at radius 2 is 1.63 bits per heavy atom. The number of fused-ring (bicyclic) bond motifs is 1. The monoisotopic (exact) mass is 416 g/mol. The van der Waals surface area contributed by atoms with E-state index in [1.807, 2.05) is 72.8 Å². The minimum atomic E-state index is -0.881. The number of para-hydroxylation sites is 1. The SMILES string of the molecule is NC(=O)NC(=O)C(Nc1ccc(Cc2nc3ccccc3s2)cc1)c1ccccc1. The van der Waals surface area contributed by atoms with E-state index in [2.05, 4.69) is 21.7 Å². The molecule has 1 atom stereocenters. The number of primary amides is 1. The van der Waals surface area contributed by atoms with E-state index in [4.69, 9.17) is 5.73 Å². The summed E-state index contributed by atoms with van der Waals surface area (Å²) in [5, 5.41) is 6.38. The van der Waals surface area contributed by atoms with E-state index in [-0.39, 0.29) is 0 Å². The van der Waals surface area contributed by atoms with Crippen molar-refractivity contribution in [1.29, 1.82) is 0 Å². The lowest BCUT2D eigenvalue weighted by Gasteiger charge is -2.19. The summed E-state index contributed by atoms with van der Waals surface area (Å²) >= 11 is 1.69. The van der Waals surface area contributed by atoms with Crippen LogP contribution in [0.5, 0.6) is 0 Å². The number of carbonyl (C=O) groups excluding carboxylic acids is 2. The van der Waals surface area contributed by atoms with Crippen molar-refractivity contribution in [2.45, 2.75) is 12.5 Å². The molecule has 1 aromatic heterocycles. The number of imide groups is 1. The number of thiazole rings is 1. The highest BCUT2D eigenvalue weighted by Gasteiger charge is 2.21. The van der Waals surface area contributed by atoms with Gasteiger partial charge < -0.3 is 11.1 Å². The fourth-order valence-electron chi connectivity index (χ4n) is 3.19. The van der Waals surface area contributed by atoms with E-state index < -0.39 is 18.0 Å². The van der Waals surface area contributed by atoms with Gasteiger partial charge in [-0.2, -0.15) is 0 Å². The van der Waals surface area contributed by atoms with E-state index in [0.717, 1.165) is 33.8 Å². The lowest BCUT2D eigenvalue weighted by molar-refractivity contribution is -0.120. The summed E-state index contributed by atoms with van der Waals surface area (Å²) in [4.78, 5) is 28.3. The number of amides is 3. The molecular formula is C23H20N4O2S. The zero-order valence-electron chi connectivity index (χ0n) is 16.0. The van der Waals surface area contributed by atoms with Gasteiger partial charge in [-0.25, -0.2) is 9.78 Å². The van der Waals surface area contributed by atoms with Crippen LogP contribution in [0.3, 0.4) is 0 Å². The van der Waals surface area contributed by atoms with Gasteiger partial charge in [-0.1, -0.05) is 54.6 Å². The molecule has 0 radical (unpaired) electrons. The molecule has 0 saturated carbocycles. The number of rotatable bonds is 6. The van der Waals surface area contributed by atoms with Crippen LogP contribution in [-0.2, 0) is 11.2 Å². The minimum absolute atomic E-state index is 0.507. The fraction of sp³-hybridized carbons (Fsp3) is 0.0870. The molecular weight excluding hydrogens is 396 g/mol. The Morgan fingerprint density at radius 1 is 0.933 bits per heavy atom. The molecule has 0 aliphatic heterocycles. The van der Waals surface area contributed by atoms with Gasteiger partial charge in [0.1, 0.15) is 6.04 Å². The molecule has 0 spiro atoms. The molecule has 4 aromatic rings. The zero-order chi connectivity index (χ0) is 20.9. The van der Waals surface area contributed by atoms with Gasteiger partial charge in [-0.15, -0.1) is 11.3 Å². The molecule has 7 heteroatoms. The molecule has 4 N–H and O–H groups in total.